The number of hydrogen-bond acceptors (Lipinski definition) is 7. The Morgan fingerprint density at radius 1 is 0.264 bits per heavy atom. The second-order valence-electron chi connectivity index (χ2n) is 21.9. The Hall–Kier alpha value is -11.0. The van der Waals surface area contributed by atoms with Crippen LogP contribution in [0.1, 0.15) is 0 Å². The fourth-order valence-electron chi connectivity index (χ4n) is 12.7. The first-order valence-corrected chi connectivity index (χ1v) is 30.1. The van der Waals surface area contributed by atoms with Gasteiger partial charge in [-0.05, 0) is 89.6 Å². The summed E-state index contributed by atoms with van der Waals surface area (Å²) in [6, 6.07) is 98.8. The minimum atomic E-state index is 0.161. The van der Waals surface area contributed by atoms with Gasteiger partial charge in [0.25, 0.3) is 0 Å². The Bertz CT molecular complexity index is 5550. The highest BCUT2D eigenvalue weighted by Crippen LogP contribution is 2.47. The Morgan fingerprint density at radius 2 is 0.690 bits per heavy atom. The van der Waals surface area contributed by atoms with Gasteiger partial charge < -0.3 is 0 Å². The molecule has 0 aliphatic carbocycles. The summed E-state index contributed by atoms with van der Waals surface area (Å²) >= 11 is 8.22. The molecule has 4 aromatic heterocycles. The predicted octanol–water partition coefficient (Wildman–Crippen LogP) is 21.0. The zero-order valence-corrected chi connectivity index (χ0v) is 48.0. The lowest BCUT2D eigenvalue weighted by Gasteiger charge is -2.14. The molecule has 0 aliphatic rings. The molecular weight excluding hydrogens is 1100 g/mol. The third kappa shape index (κ3) is 8.72. The fraction of sp³-hybridized carbons (Fsp3) is 0. The number of nitrogens with zero attached hydrogens (tertiary/aromatic N) is 7. The second-order valence-corrected chi connectivity index (χ2v) is 23.3. The highest BCUT2D eigenvalue weighted by atomic mass is 35.5. The molecule has 87 heavy (non-hydrogen) atoms. The molecule has 0 fully saturated rings. The molecule has 0 atom stereocenters. The molecule has 0 unspecified atom stereocenters. The van der Waals surface area contributed by atoms with Gasteiger partial charge in [0.15, 0.2) is 23.3 Å². The minimum absolute atomic E-state index is 0.161. The van der Waals surface area contributed by atoms with Gasteiger partial charge in [0.05, 0.1) is 11.0 Å². The Kier molecular flexibility index (Phi) is 12.0. The average molecular weight is 1150 g/mol. The number of aromatic nitrogens is 7. The van der Waals surface area contributed by atoms with E-state index < -0.39 is 0 Å². The van der Waals surface area contributed by atoms with E-state index in [1.165, 1.54) is 47.1 Å². The van der Waals surface area contributed by atoms with E-state index in [9.17, 15) is 0 Å². The van der Waals surface area contributed by atoms with Crippen LogP contribution in [-0.2, 0) is 0 Å². The lowest BCUT2D eigenvalue weighted by molar-refractivity contribution is 0.955. The zero-order valence-electron chi connectivity index (χ0n) is 46.5. The molecule has 0 spiro atoms. The Labute approximate surface area is 508 Å². The third-order valence-electron chi connectivity index (χ3n) is 16.9. The molecule has 9 heteroatoms. The number of halogens is 1. The molecule has 0 saturated carbocycles. The SMILES string of the molecule is Clc1nc(-c2ccccc2)nc(-c2ccc(-c3ccc(-c4ccc(-c5ccc(-c6nc(-c7ccccc7)nc(-n7c8c(-c9ccc%10c(c9)sc9ccc%11ccccc%11c9%10)cccc8c8c9ccccc9c9ccccc9c87)n6)cc5)cc4)cc3)cc2)n1. The molecule has 17 aromatic rings. The van der Waals surface area contributed by atoms with Crippen LogP contribution in [0.2, 0.25) is 5.28 Å². The van der Waals surface area contributed by atoms with Crippen molar-refractivity contribution in [1.82, 2.24) is 34.5 Å². The molecule has 4 heterocycles. The van der Waals surface area contributed by atoms with Gasteiger partial charge in [-0.2, -0.15) is 19.9 Å². The molecule has 7 nitrogen and oxygen atoms in total. The fourth-order valence-corrected chi connectivity index (χ4v) is 14.0. The number of hydrogen-bond donors (Lipinski definition) is 0. The van der Waals surface area contributed by atoms with Crippen molar-refractivity contribution >= 4 is 97.2 Å². The molecule has 0 saturated heterocycles. The van der Waals surface area contributed by atoms with Gasteiger partial charge in [0.1, 0.15) is 0 Å². The molecular formula is C78H46ClN7S. The molecule has 17 rings (SSSR count). The van der Waals surface area contributed by atoms with Crippen LogP contribution < -0.4 is 0 Å². The normalized spacial score (nSPS) is 11.7. The smallest absolute Gasteiger partial charge is 0.238 e. The van der Waals surface area contributed by atoms with Crippen LogP contribution in [0.25, 0.3) is 170 Å². The summed E-state index contributed by atoms with van der Waals surface area (Å²) < 4.78 is 4.86. The first kappa shape index (κ1) is 50.5. The van der Waals surface area contributed by atoms with Crippen molar-refractivity contribution in [3.05, 3.63) is 284 Å². The maximum absolute atomic E-state index is 6.37. The number of fused-ring (bicyclic) bond motifs is 13. The Morgan fingerprint density at radius 3 is 1.24 bits per heavy atom. The summed E-state index contributed by atoms with van der Waals surface area (Å²) in [6.45, 7) is 0. The molecule has 406 valence electrons. The van der Waals surface area contributed by atoms with Crippen LogP contribution in [0.5, 0.6) is 0 Å². The van der Waals surface area contributed by atoms with Crippen LogP contribution in [0.15, 0.2) is 279 Å². The summed E-state index contributed by atoms with van der Waals surface area (Å²) in [6.07, 6.45) is 0. The maximum Gasteiger partial charge on any atom is 0.238 e. The lowest BCUT2D eigenvalue weighted by atomic mass is 9.95. The maximum atomic E-state index is 6.37. The van der Waals surface area contributed by atoms with Crippen molar-refractivity contribution in [2.24, 2.45) is 0 Å². The topological polar surface area (TPSA) is 82.3 Å². The predicted molar refractivity (Wildman–Crippen MR) is 361 cm³/mol. The minimum Gasteiger partial charge on any atom is -0.277 e. The molecule has 0 N–H and O–H groups in total. The van der Waals surface area contributed by atoms with Crippen molar-refractivity contribution in [2.75, 3.05) is 0 Å². The van der Waals surface area contributed by atoms with Crippen LogP contribution in [-0.4, -0.2) is 34.5 Å². The highest BCUT2D eigenvalue weighted by Gasteiger charge is 2.25. The van der Waals surface area contributed by atoms with Gasteiger partial charge >= 0.3 is 0 Å². The van der Waals surface area contributed by atoms with E-state index in [-0.39, 0.29) is 5.28 Å². The van der Waals surface area contributed by atoms with Gasteiger partial charge in [-0.15, -0.1) is 11.3 Å². The van der Waals surface area contributed by atoms with Crippen molar-refractivity contribution in [3.63, 3.8) is 0 Å². The van der Waals surface area contributed by atoms with Gasteiger partial charge in [-0.3, -0.25) is 4.57 Å². The number of thiophene rings is 1. The molecule has 0 amide bonds. The molecule has 13 aromatic carbocycles. The van der Waals surface area contributed by atoms with Crippen LogP contribution in [0, 0.1) is 0 Å². The van der Waals surface area contributed by atoms with Crippen molar-refractivity contribution in [1.29, 1.82) is 0 Å². The molecule has 0 aliphatic heterocycles. The van der Waals surface area contributed by atoms with E-state index >= 15 is 0 Å². The molecule has 0 bridgehead atoms. The van der Waals surface area contributed by atoms with Crippen molar-refractivity contribution < 1.29 is 0 Å². The van der Waals surface area contributed by atoms with E-state index in [1.807, 2.05) is 72.0 Å². The third-order valence-corrected chi connectivity index (χ3v) is 18.2. The van der Waals surface area contributed by atoms with Gasteiger partial charge in [-0.1, -0.05) is 267 Å². The average Bonchev–Trinajstić information content (AvgIpc) is 1.63. The van der Waals surface area contributed by atoms with E-state index in [1.54, 1.807) is 0 Å². The Balaban J connectivity index is 0.736. The van der Waals surface area contributed by atoms with Crippen LogP contribution in [0.3, 0.4) is 0 Å². The summed E-state index contributed by atoms with van der Waals surface area (Å²) in [4.78, 5) is 29.8. The summed E-state index contributed by atoms with van der Waals surface area (Å²) in [5.41, 5.74) is 14.5. The van der Waals surface area contributed by atoms with Crippen LogP contribution in [0.4, 0.5) is 0 Å². The number of para-hydroxylation sites is 1. The number of rotatable bonds is 9. The monoisotopic (exact) mass is 1150 g/mol. The summed E-state index contributed by atoms with van der Waals surface area (Å²) in [7, 11) is 0. The summed E-state index contributed by atoms with van der Waals surface area (Å²) in [5, 5.41) is 12.2. The van der Waals surface area contributed by atoms with Crippen molar-refractivity contribution in [3.8, 4) is 96.0 Å². The zero-order chi connectivity index (χ0) is 57.5. The van der Waals surface area contributed by atoms with E-state index in [4.69, 9.17) is 31.5 Å². The first-order chi connectivity index (χ1) is 43.0. The summed E-state index contributed by atoms with van der Waals surface area (Å²) in [5.74, 6) is 2.80. The highest BCUT2D eigenvalue weighted by molar-refractivity contribution is 7.26. The van der Waals surface area contributed by atoms with E-state index in [2.05, 4.69) is 233 Å². The van der Waals surface area contributed by atoms with Gasteiger partial charge in [0.2, 0.25) is 11.2 Å². The van der Waals surface area contributed by atoms with Crippen molar-refractivity contribution in [2.45, 2.75) is 0 Å². The number of benzene rings is 13. The van der Waals surface area contributed by atoms with E-state index in [0.29, 0.717) is 29.2 Å². The lowest BCUT2D eigenvalue weighted by Crippen LogP contribution is -2.07. The molecule has 0 radical (unpaired) electrons. The van der Waals surface area contributed by atoms with Crippen LogP contribution >= 0.6 is 22.9 Å². The standard InChI is InChI=1S/C78H46ClN7S/c79-77-82-73(54-15-3-1-4-16-54)80-74(83-77)56-38-34-51(35-39-56)49-30-26-47(27-31-49)48-28-32-50(33-29-48)52-36-40-57(41-37-52)76-81-75(55-17-5-2-6-18-55)84-78(85-76)86-71-60(58-42-44-65-68(46-58)87-67-45-43-53-14-7-8-19-59(53)69(65)67)24-13-25-66(71)70-63-22-11-9-20-61(63)62-21-10-12-23-64(62)72(70)86/h1-46H. The quantitative estimate of drug-likeness (QED) is 0.134. The van der Waals surface area contributed by atoms with Gasteiger partial charge in [-0.25, -0.2) is 9.97 Å². The largest absolute Gasteiger partial charge is 0.277 e. The first-order valence-electron chi connectivity index (χ1n) is 28.9. The van der Waals surface area contributed by atoms with E-state index in [0.717, 1.165) is 94.0 Å². The van der Waals surface area contributed by atoms with Gasteiger partial charge in [0, 0.05) is 64.1 Å². The second kappa shape index (κ2) is 20.6.